The zero-order valence-corrected chi connectivity index (χ0v) is 15.2. The number of nitrogens with one attached hydrogen (secondary N) is 2. The van der Waals surface area contributed by atoms with Gasteiger partial charge in [-0.3, -0.25) is 9.59 Å². The Bertz CT molecular complexity index is 844. The minimum Gasteiger partial charge on any atom is -0.350 e. The summed E-state index contributed by atoms with van der Waals surface area (Å²) in [5, 5.41) is 6.49. The van der Waals surface area contributed by atoms with Crippen LogP contribution in [0.25, 0.3) is 10.2 Å². The SMILES string of the molecule is O=C(CCCc1nc2ccccc2s1)NCC(=O)NCc1ccccc1. The van der Waals surface area contributed by atoms with E-state index in [9.17, 15) is 9.59 Å². The number of amides is 2. The third kappa shape index (κ3) is 5.39. The smallest absolute Gasteiger partial charge is 0.239 e. The van der Waals surface area contributed by atoms with Crippen LogP contribution < -0.4 is 10.6 Å². The van der Waals surface area contributed by atoms with Crippen LogP contribution in [0.15, 0.2) is 54.6 Å². The van der Waals surface area contributed by atoms with E-state index in [1.165, 1.54) is 4.70 Å². The number of benzene rings is 2. The second-order valence-electron chi connectivity index (χ2n) is 5.97. The van der Waals surface area contributed by atoms with Crippen LogP contribution in [0.3, 0.4) is 0 Å². The number of nitrogens with zero attached hydrogens (tertiary/aromatic N) is 1. The molecule has 3 aromatic rings. The molecule has 0 aliphatic heterocycles. The Balaban J connectivity index is 1.33. The molecule has 2 N–H and O–H groups in total. The van der Waals surface area contributed by atoms with Gasteiger partial charge in [0, 0.05) is 13.0 Å². The number of fused-ring (bicyclic) bond motifs is 1. The molecule has 0 saturated carbocycles. The van der Waals surface area contributed by atoms with Gasteiger partial charge < -0.3 is 10.6 Å². The fourth-order valence-corrected chi connectivity index (χ4v) is 3.56. The summed E-state index contributed by atoms with van der Waals surface area (Å²) < 4.78 is 1.17. The van der Waals surface area contributed by atoms with Crippen molar-refractivity contribution in [2.75, 3.05) is 6.54 Å². The van der Waals surface area contributed by atoms with Crippen LogP contribution in [0.2, 0.25) is 0 Å². The van der Waals surface area contributed by atoms with E-state index in [0.29, 0.717) is 13.0 Å². The molecule has 0 atom stereocenters. The van der Waals surface area contributed by atoms with Crippen molar-refractivity contribution in [1.29, 1.82) is 0 Å². The number of aromatic nitrogens is 1. The number of thiazole rings is 1. The van der Waals surface area contributed by atoms with Crippen molar-refractivity contribution in [3.8, 4) is 0 Å². The fourth-order valence-electron chi connectivity index (χ4n) is 2.55. The number of hydrogen-bond acceptors (Lipinski definition) is 4. The average molecular weight is 367 g/mol. The summed E-state index contributed by atoms with van der Waals surface area (Å²) >= 11 is 1.66. The zero-order chi connectivity index (χ0) is 18.2. The van der Waals surface area contributed by atoms with Crippen LogP contribution in [-0.4, -0.2) is 23.3 Å². The van der Waals surface area contributed by atoms with Gasteiger partial charge in [-0.05, 0) is 30.5 Å². The van der Waals surface area contributed by atoms with Crippen molar-refractivity contribution in [1.82, 2.24) is 15.6 Å². The highest BCUT2D eigenvalue weighted by Gasteiger charge is 2.07. The monoisotopic (exact) mass is 367 g/mol. The molecule has 1 aromatic heterocycles. The molecule has 0 aliphatic rings. The molecule has 2 amide bonds. The predicted molar refractivity (Wildman–Crippen MR) is 104 cm³/mol. The van der Waals surface area contributed by atoms with Gasteiger partial charge in [0.15, 0.2) is 0 Å². The Morgan fingerprint density at radius 2 is 1.69 bits per heavy atom. The van der Waals surface area contributed by atoms with E-state index in [1.54, 1.807) is 11.3 Å². The van der Waals surface area contributed by atoms with E-state index in [1.807, 2.05) is 48.5 Å². The fraction of sp³-hybridized carbons (Fsp3) is 0.250. The quantitative estimate of drug-likeness (QED) is 0.643. The van der Waals surface area contributed by atoms with Gasteiger partial charge >= 0.3 is 0 Å². The van der Waals surface area contributed by atoms with Crippen LogP contribution in [0, 0.1) is 0 Å². The number of aryl methyl sites for hydroxylation is 1. The van der Waals surface area contributed by atoms with E-state index in [4.69, 9.17) is 0 Å². The Morgan fingerprint density at radius 1 is 0.923 bits per heavy atom. The lowest BCUT2D eigenvalue weighted by atomic mass is 10.2. The summed E-state index contributed by atoms with van der Waals surface area (Å²) in [5.74, 6) is -0.297. The molecule has 0 saturated heterocycles. The molecule has 0 aliphatic carbocycles. The van der Waals surface area contributed by atoms with Gasteiger partial charge in [0.25, 0.3) is 0 Å². The first-order valence-corrected chi connectivity index (χ1v) is 9.44. The van der Waals surface area contributed by atoms with Gasteiger partial charge in [0.2, 0.25) is 11.8 Å². The van der Waals surface area contributed by atoms with E-state index >= 15 is 0 Å². The minimum absolute atomic E-state index is 0.00675. The van der Waals surface area contributed by atoms with E-state index < -0.39 is 0 Å². The maximum Gasteiger partial charge on any atom is 0.239 e. The molecule has 2 aromatic carbocycles. The number of carbonyl (C=O) groups is 2. The van der Waals surface area contributed by atoms with Crippen molar-refractivity contribution in [2.45, 2.75) is 25.8 Å². The van der Waals surface area contributed by atoms with Crippen molar-refractivity contribution < 1.29 is 9.59 Å². The topological polar surface area (TPSA) is 71.1 Å². The Kier molecular flexibility index (Phi) is 6.33. The molecular formula is C20H21N3O2S. The standard InChI is InChI=1S/C20H21N3O2S/c24-18(22-14-19(25)21-13-15-7-2-1-3-8-15)11-6-12-20-23-16-9-4-5-10-17(16)26-20/h1-5,7-10H,6,11-14H2,(H,21,25)(H,22,24). The van der Waals surface area contributed by atoms with Crippen molar-refractivity contribution in [3.63, 3.8) is 0 Å². The largest absolute Gasteiger partial charge is 0.350 e. The van der Waals surface area contributed by atoms with Crippen LogP contribution >= 0.6 is 11.3 Å². The third-order valence-electron chi connectivity index (χ3n) is 3.91. The first kappa shape index (κ1) is 18.1. The normalized spacial score (nSPS) is 10.6. The van der Waals surface area contributed by atoms with Gasteiger partial charge in [0.05, 0.1) is 21.8 Å². The predicted octanol–water partition coefficient (Wildman–Crippen LogP) is 3.05. The molecule has 0 fully saturated rings. The molecule has 3 rings (SSSR count). The Morgan fingerprint density at radius 3 is 2.50 bits per heavy atom. The first-order valence-electron chi connectivity index (χ1n) is 8.62. The highest BCUT2D eigenvalue weighted by Crippen LogP contribution is 2.22. The molecule has 26 heavy (non-hydrogen) atoms. The number of hydrogen-bond donors (Lipinski definition) is 2. The van der Waals surface area contributed by atoms with E-state index in [2.05, 4.69) is 21.7 Å². The molecule has 0 spiro atoms. The lowest BCUT2D eigenvalue weighted by molar-refractivity contribution is -0.126. The van der Waals surface area contributed by atoms with Gasteiger partial charge in [-0.25, -0.2) is 4.98 Å². The van der Waals surface area contributed by atoms with Gasteiger partial charge in [-0.2, -0.15) is 0 Å². The molecule has 5 nitrogen and oxygen atoms in total. The first-order chi connectivity index (χ1) is 12.7. The average Bonchev–Trinajstić information content (AvgIpc) is 3.08. The summed E-state index contributed by atoms with van der Waals surface area (Å²) in [7, 11) is 0. The summed E-state index contributed by atoms with van der Waals surface area (Å²) in [6.07, 6.45) is 1.88. The molecule has 0 radical (unpaired) electrons. The maximum atomic E-state index is 11.9. The lowest BCUT2D eigenvalue weighted by Crippen LogP contribution is -2.36. The molecular weight excluding hydrogens is 346 g/mol. The zero-order valence-electron chi connectivity index (χ0n) is 14.4. The van der Waals surface area contributed by atoms with Crippen LogP contribution in [0.4, 0.5) is 0 Å². The summed E-state index contributed by atoms with van der Waals surface area (Å²) in [5.41, 5.74) is 2.04. The van der Waals surface area contributed by atoms with E-state index in [0.717, 1.165) is 28.9 Å². The minimum atomic E-state index is -0.187. The van der Waals surface area contributed by atoms with Crippen molar-refractivity contribution in [2.24, 2.45) is 0 Å². The second kappa shape index (κ2) is 9.10. The maximum absolute atomic E-state index is 11.9. The number of para-hydroxylation sites is 1. The van der Waals surface area contributed by atoms with Crippen LogP contribution in [0.5, 0.6) is 0 Å². The molecule has 134 valence electrons. The highest BCUT2D eigenvalue weighted by atomic mass is 32.1. The Hall–Kier alpha value is -2.73. The van der Waals surface area contributed by atoms with Crippen LogP contribution in [0.1, 0.15) is 23.4 Å². The molecule has 1 heterocycles. The second-order valence-corrected chi connectivity index (χ2v) is 7.08. The summed E-state index contributed by atoms with van der Waals surface area (Å²) in [6, 6.07) is 17.7. The van der Waals surface area contributed by atoms with E-state index in [-0.39, 0.29) is 18.4 Å². The molecule has 0 bridgehead atoms. The number of carbonyl (C=O) groups excluding carboxylic acids is 2. The summed E-state index contributed by atoms with van der Waals surface area (Å²) in [6.45, 7) is 0.472. The van der Waals surface area contributed by atoms with Gasteiger partial charge in [0.1, 0.15) is 0 Å². The highest BCUT2D eigenvalue weighted by molar-refractivity contribution is 7.18. The lowest BCUT2D eigenvalue weighted by Gasteiger charge is -2.07. The number of rotatable bonds is 8. The van der Waals surface area contributed by atoms with Gasteiger partial charge in [-0.15, -0.1) is 11.3 Å². The van der Waals surface area contributed by atoms with Crippen molar-refractivity contribution in [3.05, 3.63) is 65.2 Å². The van der Waals surface area contributed by atoms with Crippen molar-refractivity contribution >= 4 is 33.4 Å². The summed E-state index contributed by atoms with van der Waals surface area (Å²) in [4.78, 5) is 28.2. The molecule has 0 unspecified atom stereocenters. The van der Waals surface area contributed by atoms with Crippen LogP contribution in [-0.2, 0) is 22.6 Å². The van der Waals surface area contributed by atoms with Gasteiger partial charge in [-0.1, -0.05) is 42.5 Å². The molecule has 6 heteroatoms. The Labute approximate surface area is 156 Å². The third-order valence-corrected chi connectivity index (χ3v) is 5.01.